The molecule has 0 aromatic heterocycles. The Kier molecular flexibility index (Phi) is 6.80. The lowest BCUT2D eigenvalue weighted by atomic mass is 9.94. The summed E-state index contributed by atoms with van der Waals surface area (Å²) < 4.78 is 5.80. The number of rotatable bonds is 6. The third-order valence-electron chi connectivity index (χ3n) is 6.31. The van der Waals surface area contributed by atoms with Gasteiger partial charge in [-0.1, -0.05) is 24.6 Å². The van der Waals surface area contributed by atoms with Gasteiger partial charge in [-0.2, -0.15) is 0 Å². The lowest BCUT2D eigenvalue weighted by Gasteiger charge is -2.36. The fourth-order valence-corrected chi connectivity index (χ4v) is 4.68. The van der Waals surface area contributed by atoms with Gasteiger partial charge in [0.25, 0.3) is 5.91 Å². The zero-order chi connectivity index (χ0) is 19.9. The first-order chi connectivity index (χ1) is 14.3. The summed E-state index contributed by atoms with van der Waals surface area (Å²) in [6, 6.07) is 18.2. The first kappa shape index (κ1) is 19.9. The van der Waals surface area contributed by atoms with Crippen LogP contribution in [0.3, 0.4) is 0 Å². The van der Waals surface area contributed by atoms with E-state index in [1.165, 1.54) is 50.1 Å². The second-order valence-corrected chi connectivity index (χ2v) is 8.41. The highest BCUT2D eigenvalue weighted by molar-refractivity contribution is 5.91. The van der Waals surface area contributed by atoms with E-state index in [4.69, 9.17) is 4.74 Å². The van der Waals surface area contributed by atoms with E-state index in [2.05, 4.69) is 5.32 Å². The number of hydrogen-bond acceptors (Lipinski definition) is 2. The molecule has 1 amide bonds. The maximum absolute atomic E-state index is 12.5. The molecule has 1 aliphatic carbocycles. The molecule has 0 spiro atoms. The summed E-state index contributed by atoms with van der Waals surface area (Å²) in [7, 11) is 0. The van der Waals surface area contributed by atoms with Crippen LogP contribution in [0.25, 0.3) is 0 Å². The lowest BCUT2D eigenvalue weighted by molar-refractivity contribution is -1.02. The zero-order valence-electron chi connectivity index (χ0n) is 17.2. The highest BCUT2D eigenvalue weighted by atomic mass is 16.5. The molecule has 2 aromatic rings. The summed E-state index contributed by atoms with van der Waals surface area (Å²) in [5, 5.41) is 3.03. The molecule has 154 valence electrons. The van der Waals surface area contributed by atoms with Gasteiger partial charge in [-0.05, 0) is 62.1 Å². The van der Waals surface area contributed by atoms with Crippen molar-refractivity contribution in [3.8, 4) is 11.5 Å². The Labute approximate surface area is 173 Å². The van der Waals surface area contributed by atoms with E-state index >= 15 is 0 Å². The highest BCUT2D eigenvalue weighted by Crippen LogP contribution is 2.22. The van der Waals surface area contributed by atoms with Gasteiger partial charge in [0.15, 0.2) is 6.54 Å². The molecule has 4 rings (SSSR count). The normalized spacial score (nSPS) is 22.8. The number of carbonyl (C=O) groups is 1. The van der Waals surface area contributed by atoms with Crippen molar-refractivity contribution >= 4 is 11.6 Å². The van der Waals surface area contributed by atoms with E-state index in [-0.39, 0.29) is 5.91 Å². The van der Waals surface area contributed by atoms with Crippen LogP contribution in [0.5, 0.6) is 11.5 Å². The van der Waals surface area contributed by atoms with Crippen LogP contribution in [-0.4, -0.2) is 44.7 Å². The van der Waals surface area contributed by atoms with Crippen molar-refractivity contribution in [1.29, 1.82) is 0 Å². The van der Waals surface area contributed by atoms with Crippen LogP contribution in [0.1, 0.15) is 32.1 Å². The van der Waals surface area contributed by atoms with Crippen molar-refractivity contribution in [2.75, 3.05) is 38.0 Å². The first-order valence-corrected chi connectivity index (χ1v) is 11.1. The lowest BCUT2D eigenvalue weighted by Crippen LogP contribution is -3.30. The Morgan fingerprint density at radius 2 is 1.52 bits per heavy atom. The molecule has 3 N–H and O–H groups in total. The fraction of sp³-hybridized carbons (Fsp3) is 0.458. The number of amides is 1. The zero-order valence-corrected chi connectivity index (χ0v) is 17.2. The summed E-state index contributed by atoms with van der Waals surface area (Å²) in [4.78, 5) is 15.7. The molecule has 5 nitrogen and oxygen atoms in total. The molecule has 1 saturated heterocycles. The van der Waals surface area contributed by atoms with E-state index in [0.717, 1.165) is 36.3 Å². The minimum atomic E-state index is 0.0952. The van der Waals surface area contributed by atoms with Gasteiger partial charge in [0.05, 0.1) is 6.04 Å². The number of benzene rings is 2. The SMILES string of the molecule is O=C(C[NH+]1CC[NH+](C2CCCCC2)CC1)Nc1ccc(Oc2ccccc2)cc1. The van der Waals surface area contributed by atoms with E-state index in [9.17, 15) is 4.79 Å². The third-order valence-corrected chi connectivity index (χ3v) is 6.31. The average molecular weight is 396 g/mol. The van der Waals surface area contributed by atoms with Crippen LogP contribution in [0.15, 0.2) is 54.6 Å². The predicted octanol–water partition coefficient (Wildman–Crippen LogP) is 1.53. The van der Waals surface area contributed by atoms with Crippen molar-refractivity contribution in [2.45, 2.75) is 38.1 Å². The van der Waals surface area contributed by atoms with Gasteiger partial charge in [0.1, 0.15) is 37.7 Å². The van der Waals surface area contributed by atoms with Crippen molar-refractivity contribution < 1.29 is 19.3 Å². The van der Waals surface area contributed by atoms with E-state index in [0.29, 0.717) is 6.54 Å². The van der Waals surface area contributed by atoms with Gasteiger partial charge >= 0.3 is 0 Å². The number of anilines is 1. The molecule has 2 fully saturated rings. The van der Waals surface area contributed by atoms with Gasteiger partial charge in [-0.3, -0.25) is 4.79 Å². The van der Waals surface area contributed by atoms with Crippen LogP contribution in [0.2, 0.25) is 0 Å². The van der Waals surface area contributed by atoms with Crippen molar-refractivity contribution in [3.05, 3.63) is 54.6 Å². The maximum Gasteiger partial charge on any atom is 0.279 e. The second-order valence-electron chi connectivity index (χ2n) is 8.41. The number of hydrogen-bond donors (Lipinski definition) is 3. The number of piperazine rings is 1. The van der Waals surface area contributed by atoms with Crippen LogP contribution in [-0.2, 0) is 4.79 Å². The smallest absolute Gasteiger partial charge is 0.279 e. The topological polar surface area (TPSA) is 47.2 Å². The summed E-state index contributed by atoms with van der Waals surface area (Å²) in [6.07, 6.45) is 7.02. The summed E-state index contributed by atoms with van der Waals surface area (Å²) >= 11 is 0. The number of ether oxygens (including phenoxy) is 1. The van der Waals surface area contributed by atoms with E-state index in [1.807, 2.05) is 54.6 Å². The summed E-state index contributed by atoms with van der Waals surface area (Å²) in [5.41, 5.74) is 0.821. The molecule has 2 aromatic carbocycles. The predicted molar refractivity (Wildman–Crippen MR) is 115 cm³/mol. The standard InChI is InChI=1S/C24H31N3O2/c28-24(19-26-15-17-27(18-16-26)21-7-3-1-4-8-21)25-20-11-13-23(14-12-20)29-22-9-5-2-6-10-22/h2,5-6,9-14,21H,1,3-4,7-8,15-19H2,(H,25,28)/p+2. The summed E-state index contributed by atoms with van der Waals surface area (Å²) in [5.74, 6) is 1.67. The van der Waals surface area contributed by atoms with Crippen LogP contribution < -0.4 is 19.9 Å². The minimum Gasteiger partial charge on any atom is -0.457 e. The number of nitrogens with one attached hydrogen (secondary N) is 3. The molecular weight excluding hydrogens is 362 g/mol. The maximum atomic E-state index is 12.5. The average Bonchev–Trinajstić information content (AvgIpc) is 2.77. The van der Waals surface area contributed by atoms with Gasteiger partial charge in [-0.25, -0.2) is 0 Å². The van der Waals surface area contributed by atoms with Gasteiger partial charge < -0.3 is 19.9 Å². The van der Waals surface area contributed by atoms with Crippen molar-refractivity contribution in [1.82, 2.24) is 0 Å². The first-order valence-electron chi connectivity index (χ1n) is 11.1. The second kappa shape index (κ2) is 9.90. The van der Waals surface area contributed by atoms with Crippen LogP contribution in [0.4, 0.5) is 5.69 Å². The molecule has 0 bridgehead atoms. The molecular formula is C24H33N3O2+2. The van der Waals surface area contributed by atoms with E-state index < -0.39 is 0 Å². The number of para-hydroxylation sites is 1. The molecule has 29 heavy (non-hydrogen) atoms. The Hall–Kier alpha value is -2.37. The fourth-order valence-electron chi connectivity index (χ4n) is 4.68. The Morgan fingerprint density at radius 1 is 0.862 bits per heavy atom. The molecule has 1 saturated carbocycles. The van der Waals surface area contributed by atoms with E-state index in [1.54, 1.807) is 4.90 Å². The Bertz CT molecular complexity index is 764. The van der Waals surface area contributed by atoms with Crippen LogP contribution in [0, 0.1) is 0 Å². The van der Waals surface area contributed by atoms with Crippen molar-refractivity contribution in [3.63, 3.8) is 0 Å². The van der Waals surface area contributed by atoms with Crippen molar-refractivity contribution in [2.24, 2.45) is 0 Å². The molecule has 0 radical (unpaired) electrons. The Morgan fingerprint density at radius 3 is 2.21 bits per heavy atom. The third kappa shape index (κ3) is 5.81. The highest BCUT2D eigenvalue weighted by Gasteiger charge is 2.31. The van der Waals surface area contributed by atoms with Gasteiger partial charge in [-0.15, -0.1) is 0 Å². The number of quaternary nitrogens is 2. The summed E-state index contributed by atoms with van der Waals surface area (Å²) in [6.45, 7) is 5.17. The molecule has 5 heteroatoms. The quantitative estimate of drug-likeness (QED) is 0.695. The van der Waals surface area contributed by atoms with Gasteiger partial charge in [0.2, 0.25) is 0 Å². The van der Waals surface area contributed by atoms with Crippen LogP contribution >= 0.6 is 0 Å². The molecule has 0 atom stereocenters. The van der Waals surface area contributed by atoms with Gasteiger partial charge in [0, 0.05) is 5.69 Å². The molecule has 1 aliphatic heterocycles. The molecule has 0 unspecified atom stereocenters. The number of carbonyl (C=O) groups excluding carboxylic acids is 1. The molecule has 1 heterocycles. The minimum absolute atomic E-state index is 0.0952. The largest absolute Gasteiger partial charge is 0.457 e. The monoisotopic (exact) mass is 395 g/mol. The Balaban J connectivity index is 1.21. The molecule has 2 aliphatic rings.